The van der Waals surface area contributed by atoms with Gasteiger partial charge in [0.25, 0.3) is 0 Å². The van der Waals surface area contributed by atoms with Gasteiger partial charge in [0, 0.05) is 4.20 Å². The van der Waals surface area contributed by atoms with Crippen molar-refractivity contribution in [2.45, 2.75) is 6.92 Å². The lowest BCUT2D eigenvalue weighted by Crippen LogP contribution is -2.28. The Morgan fingerprint density at radius 3 is 1.09 bits per heavy atom. The van der Waals surface area contributed by atoms with Crippen molar-refractivity contribution < 1.29 is 0 Å². The molecular formula is C20H18BrP. The summed E-state index contributed by atoms with van der Waals surface area (Å²) in [5, 5.41) is 4.13. The lowest BCUT2D eigenvalue weighted by Gasteiger charge is -2.30. The maximum Gasteiger partial charge on any atom is 0.00194 e. The molecule has 0 aliphatic carbocycles. The van der Waals surface area contributed by atoms with E-state index in [0.717, 1.165) is 0 Å². The third-order valence-corrected chi connectivity index (χ3v) is 9.63. The van der Waals surface area contributed by atoms with Gasteiger partial charge in [-0.25, -0.2) is 0 Å². The summed E-state index contributed by atoms with van der Waals surface area (Å²) < 4.78 is 1.30. The summed E-state index contributed by atoms with van der Waals surface area (Å²) in [5.74, 6) is 0. The second kappa shape index (κ2) is 6.69. The van der Waals surface area contributed by atoms with Crippen molar-refractivity contribution in [1.82, 2.24) is 0 Å². The van der Waals surface area contributed by atoms with Gasteiger partial charge in [-0.2, -0.15) is 0 Å². The number of hydrogen-bond donors (Lipinski definition) is 0. The molecule has 0 atom stereocenters. The standard InChI is InChI=1S/C20H18BrP/c1-17(21)22(18-11-5-2-6-12-18,19-13-7-3-8-14-19)20-15-9-4-10-16-20/h2-16H,1H3. The van der Waals surface area contributed by atoms with Crippen LogP contribution in [0.3, 0.4) is 0 Å². The summed E-state index contributed by atoms with van der Waals surface area (Å²) in [6.45, 7) is 0.403. The Morgan fingerprint density at radius 1 is 0.591 bits per heavy atom. The fourth-order valence-electron chi connectivity index (χ4n) is 2.94. The molecule has 0 heterocycles. The van der Waals surface area contributed by atoms with E-state index in [-0.39, 0.29) is 0 Å². The van der Waals surface area contributed by atoms with E-state index in [1.54, 1.807) is 0 Å². The first kappa shape index (κ1) is 15.3. The van der Waals surface area contributed by atoms with Gasteiger partial charge in [-0.1, -0.05) is 107 Å². The van der Waals surface area contributed by atoms with E-state index in [0.29, 0.717) is 0 Å². The van der Waals surface area contributed by atoms with Crippen LogP contribution in [-0.4, -0.2) is 4.20 Å². The zero-order valence-electron chi connectivity index (χ0n) is 12.5. The number of halogens is 1. The van der Waals surface area contributed by atoms with E-state index in [1.807, 2.05) is 0 Å². The molecule has 0 aromatic heterocycles. The van der Waals surface area contributed by atoms with Crippen molar-refractivity contribution in [2.75, 3.05) is 0 Å². The molecule has 0 aliphatic rings. The van der Waals surface area contributed by atoms with Crippen LogP contribution in [0, 0.1) is 0 Å². The fraction of sp³-hybridized carbons (Fsp3) is 0.0500. The zero-order chi connectivity index (χ0) is 15.4. The van der Waals surface area contributed by atoms with Gasteiger partial charge < -0.3 is 0 Å². The average molecular weight is 369 g/mol. The van der Waals surface area contributed by atoms with Crippen molar-refractivity contribution in [3.05, 3.63) is 91.0 Å². The molecule has 0 radical (unpaired) electrons. The predicted octanol–water partition coefficient (Wildman–Crippen LogP) is 4.53. The van der Waals surface area contributed by atoms with Crippen molar-refractivity contribution in [2.24, 2.45) is 0 Å². The minimum Gasteiger partial charge on any atom is -0.0622 e. The Labute approximate surface area is 140 Å². The molecule has 0 amide bonds. The highest BCUT2D eigenvalue weighted by Gasteiger charge is 2.26. The van der Waals surface area contributed by atoms with Gasteiger partial charge in [-0.3, -0.25) is 0 Å². The highest BCUT2D eigenvalue weighted by molar-refractivity contribution is 9.20. The molecule has 0 N–H and O–H groups in total. The van der Waals surface area contributed by atoms with Crippen LogP contribution in [0.5, 0.6) is 0 Å². The first-order valence-electron chi connectivity index (χ1n) is 7.32. The van der Waals surface area contributed by atoms with Crippen LogP contribution in [0.25, 0.3) is 0 Å². The molecule has 3 aromatic carbocycles. The summed E-state index contributed by atoms with van der Waals surface area (Å²) in [4.78, 5) is 0. The highest BCUT2D eigenvalue weighted by atomic mass is 79.9. The minimum absolute atomic E-state index is 1.30. The van der Waals surface area contributed by atoms with Crippen molar-refractivity contribution in [1.29, 1.82) is 0 Å². The topological polar surface area (TPSA) is 0 Å². The molecule has 0 bridgehead atoms. The van der Waals surface area contributed by atoms with Gasteiger partial charge in [0.15, 0.2) is 0 Å². The molecule has 2 heteroatoms. The van der Waals surface area contributed by atoms with Gasteiger partial charge in [-0.15, -0.1) is 0 Å². The van der Waals surface area contributed by atoms with Gasteiger partial charge in [0.1, 0.15) is 0 Å². The Kier molecular flexibility index (Phi) is 4.66. The summed E-state index contributed by atoms with van der Waals surface area (Å²) >= 11 is 3.87. The van der Waals surface area contributed by atoms with Crippen LogP contribution in [0.2, 0.25) is 0 Å². The largest absolute Gasteiger partial charge is 0.0622 e. The van der Waals surface area contributed by atoms with Crippen molar-refractivity contribution in [3.8, 4) is 0 Å². The SMILES string of the molecule is CC(Br)=P(c1ccccc1)(c1ccccc1)c1ccccc1. The highest BCUT2D eigenvalue weighted by Crippen LogP contribution is 2.47. The van der Waals surface area contributed by atoms with E-state index in [2.05, 4.69) is 114 Å². The maximum absolute atomic E-state index is 3.87. The van der Waals surface area contributed by atoms with E-state index < -0.39 is 6.89 Å². The Morgan fingerprint density at radius 2 is 0.864 bits per heavy atom. The van der Waals surface area contributed by atoms with Gasteiger partial charge in [0.05, 0.1) is 0 Å². The molecule has 0 saturated heterocycles. The van der Waals surface area contributed by atoms with Crippen LogP contribution in [-0.2, 0) is 0 Å². The molecular weight excluding hydrogens is 351 g/mol. The second-order valence-corrected chi connectivity index (χ2v) is 10.5. The number of hydrogen-bond acceptors (Lipinski definition) is 0. The molecule has 0 fully saturated rings. The van der Waals surface area contributed by atoms with Gasteiger partial charge in [-0.05, 0) is 29.7 Å². The monoisotopic (exact) mass is 368 g/mol. The molecule has 0 spiro atoms. The third kappa shape index (κ3) is 2.60. The summed E-state index contributed by atoms with van der Waals surface area (Å²) in [5.41, 5.74) is 0. The van der Waals surface area contributed by atoms with E-state index >= 15 is 0 Å². The lowest BCUT2D eigenvalue weighted by molar-refractivity contribution is 1.73. The number of benzene rings is 3. The van der Waals surface area contributed by atoms with Crippen molar-refractivity contribution in [3.63, 3.8) is 0 Å². The Bertz CT molecular complexity index is 685. The van der Waals surface area contributed by atoms with E-state index in [1.165, 1.54) is 20.1 Å². The van der Waals surface area contributed by atoms with Gasteiger partial charge >= 0.3 is 0 Å². The van der Waals surface area contributed by atoms with Crippen LogP contribution in [0.15, 0.2) is 91.0 Å². The predicted molar refractivity (Wildman–Crippen MR) is 105 cm³/mol. The smallest absolute Gasteiger partial charge is 0.00194 e. The molecule has 0 saturated carbocycles. The third-order valence-electron chi connectivity index (χ3n) is 3.89. The zero-order valence-corrected chi connectivity index (χ0v) is 15.0. The molecule has 110 valence electrons. The molecule has 0 unspecified atom stereocenters. The fourth-order valence-corrected chi connectivity index (χ4v) is 8.60. The van der Waals surface area contributed by atoms with Crippen LogP contribution in [0.4, 0.5) is 0 Å². The summed E-state index contributed by atoms with van der Waals surface area (Å²) in [6, 6.07) is 32.5. The first-order chi connectivity index (χ1) is 10.8. The molecule has 3 aromatic rings. The van der Waals surface area contributed by atoms with Crippen LogP contribution in [0.1, 0.15) is 6.92 Å². The Balaban J connectivity index is 2.44. The maximum atomic E-state index is 3.87. The van der Waals surface area contributed by atoms with E-state index in [9.17, 15) is 0 Å². The second-order valence-electron chi connectivity index (χ2n) is 5.17. The quantitative estimate of drug-likeness (QED) is 0.596. The summed E-state index contributed by atoms with van der Waals surface area (Å²) in [7, 11) is 0. The molecule has 3 rings (SSSR count). The van der Waals surface area contributed by atoms with Crippen molar-refractivity contribution >= 4 is 42.9 Å². The Hall–Kier alpha value is -1.56. The molecule has 22 heavy (non-hydrogen) atoms. The molecule has 0 nitrogen and oxygen atoms in total. The van der Waals surface area contributed by atoms with Crippen LogP contribution >= 0.6 is 22.8 Å². The van der Waals surface area contributed by atoms with Gasteiger partial charge in [0.2, 0.25) is 0 Å². The van der Waals surface area contributed by atoms with E-state index in [4.69, 9.17) is 0 Å². The number of rotatable bonds is 3. The average Bonchev–Trinajstić information content (AvgIpc) is 2.58. The lowest BCUT2D eigenvalue weighted by atomic mass is 10.4. The molecule has 0 aliphatic heterocycles. The summed E-state index contributed by atoms with van der Waals surface area (Å²) in [6.07, 6.45) is 0. The first-order valence-corrected chi connectivity index (χ1v) is 9.90. The normalized spacial score (nSPS) is 11.2. The minimum atomic E-state index is -1.79. The van der Waals surface area contributed by atoms with Crippen LogP contribution < -0.4 is 15.9 Å².